The highest BCUT2D eigenvalue weighted by Crippen LogP contribution is 2.43. The highest BCUT2D eigenvalue weighted by molar-refractivity contribution is 7.47. The number of rotatable bonds is 36. The van der Waals surface area contributed by atoms with Crippen LogP contribution in [0.25, 0.3) is 0 Å². The molecule has 0 heterocycles. The van der Waals surface area contributed by atoms with Crippen molar-refractivity contribution in [2.45, 2.75) is 154 Å². The Morgan fingerprint density at radius 2 is 1.11 bits per heavy atom. The number of quaternary nitrogens is 1. The molecule has 3 N–H and O–H groups in total. The fourth-order valence-electron chi connectivity index (χ4n) is 5.30. The Labute approximate surface area is 331 Å². The van der Waals surface area contributed by atoms with Crippen molar-refractivity contribution in [2.24, 2.45) is 0 Å². The maximum Gasteiger partial charge on any atom is 0.472 e. The van der Waals surface area contributed by atoms with Crippen LogP contribution in [0.4, 0.5) is 0 Å². The van der Waals surface area contributed by atoms with Crippen molar-refractivity contribution < 1.29 is 32.9 Å². The van der Waals surface area contributed by atoms with Crippen molar-refractivity contribution >= 4 is 13.7 Å². The quantitative estimate of drug-likeness (QED) is 0.0253. The number of hydrogen-bond donors (Lipinski definition) is 3. The standard InChI is InChI=1S/C45H79N2O6P/c1-6-8-10-12-14-16-18-20-21-22-23-24-25-27-29-31-33-35-37-39-45(49)46-43(42-53-54(50,51)52-41-40-47(3,4)5)44(48)38-36-34-32-30-28-26-19-17-15-13-11-9-7-2/h8,10,14,16,20-21,23-24,27,29,33,35-36,38,43-44,48H,6-7,9,11-13,15,17-19,22,25-26,28,30-32,34,37,39-42H2,1-5H3,(H-,46,49,50,51)/p+1/b10-8-,16-14-,21-20-,24-23-,29-27-,35-33-,38-36+/t43?,44-/m0/s1. The number of carbonyl (C=O) groups is 1. The molecule has 0 aromatic carbocycles. The van der Waals surface area contributed by atoms with Gasteiger partial charge in [-0.05, 0) is 57.8 Å². The highest BCUT2D eigenvalue weighted by Gasteiger charge is 2.27. The third-order valence-corrected chi connectivity index (χ3v) is 9.62. The van der Waals surface area contributed by atoms with E-state index < -0.39 is 20.0 Å². The van der Waals surface area contributed by atoms with E-state index in [-0.39, 0.29) is 25.5 Å². The number of amides is 1. The number of hydrogen-bond acceptors (Lipinski definition) is 5. The first-order chi connectivity index (χ1) is 26.0. The predicted molar refractivity (Wildman–Crippen MR) is 230 cm³/mol. The zero-order chi connectivity index (χ0) is 40.0. The summed E-state index contributed by atoms with van der Waals surface area (Å²) >= 11 is 0. The molecule has 310 valence electrons. The number of phosphoric ester groups is 1. The summed E-state index contributed by atoms with van der Waals surface area (Å²) in [6, 6.07) is -0.890. The van der Waals surface area contributed by atoms with E-state index in [9.17, 15) is 19.4 Å². The SMILES string of the molecule is CC/C=C\C/C=C\C/C=C\C/C=C\C/C=C\C/C=C\CCC(=O)NC(COP(=O)(O)OCC[N+](C)(C)C)[C@@H](O)/C=C/CCCCCCCCCCCCC. The van der Waals surface area contributed by atoms with E-state index >= 15 is 0 Å². The molecule has 9 heteroatoms. The third-order valence-electron chi connectivity index (χ3n) is 8.63. The van der Waals surface area contributed by atoms with E-state index in [2.05, 4.69) is 79.9 Å². The van der Waals surface area contributed by atoms with Crippen molar-refractivity contribution in [3.05, 3.63) is 85.1 Å². The number of nitrogens with zero attached hydrogens (tertiary/aromatic N) is 1. The van der Waals surface area contributed by atoms with Gasteiger partial charge in [0, 0.05) is 6.42 Å². The van der Waals surface area contributed by atoms with E-state index in [0.29, 0.717) is 17.4 Å². The van der Waals surface area contributed by atoms with Gasteiger partial charge in [-0.25, -0.2) is 4.57 Å². The molecule has 0 saturated carbocycles. The second-order valence-electron chi connectivity index (χ2n) is 15.0. The lowest BCUT2D eigenvalue weighted by Crippen LogP contribution is -2.45. The van der Waals surface area contributed by atoms with Crippen molar-refractivity contribution in [1.29, 1.82) is 0 Å². The summed E-state index contributed by atoms with van der Waals surface area (Å²) in [5.74, 6) is -0.264. The third kappa shape index (κ3) is 38.0. The Morgan fingerprint density at radius 3 is 1.59 bits per heavy atom. The molecule has 0 aliphatic rings. The van der Waals surface area contributed by atoms with Crippen molar-refractivity contribution in [3.8, 4) is 0 Å². The Kier molecular flexibility index (Phi) is 34.8. The fourth-order valence-corrected chi connectivity index (χ4v) is 6.03. The molecule has 2 unspecified atom stereocenters. The number of aliphatic hydroxyl groups excluding tert-OH is 1. The molecule has 0 aliphatic heterocycles. The van der Waals surface area contributed by atoms with Crippen LogP contribution in [-0.2, 0) is 18.4 Å². The lowest BCUT2D eigenvalue weighted by molar-refractivity contribution is -0.870. The summed E-state index contributed by atoms with van der Waals surface area (Å²) in [6.45, 7) is 4.60. The smallest absolute Gasteiger partial charge is 0.387 e. The maximum atomic E-state index is 12.8. The summed E-state index contributed by atoms with van der Waals surface area (Å²) in [4.78, 5) is 23.0. The van der Waals surface area contributed by atoms with E-state index in [1.807, 2.05) is 39.4 Å². The van der Waals surface area contributed by atoms with Crippen LogP contribution in [0.3, 0.4) is 0 Å². The van der Waals surface area contributed by atoms with Crippen LogP contribution >= 0.6 is 7.82 Å². The van der Waals surface area contributed by atoms with Crippen LogP contribution in [0.1, 0.15) is 142 Å². The molecule has 0 spiro atoms. The van der Waals surface area contributed by atoms with Gasteiger partial charge in [-0.3, -0.25) is 13.8 Å². The van der Waals surface area contributed by atoms with Crippen LogP contribution in [0.15, 0.2) is 85.1 Å². The monoisotopic (exact) mass is 776 g/mol. The Hall–Kier alpha value is -2.32. The fraction of sp³-hybridized carbons (Fsp3) is 0.667. The zero-order valence-electron chi connectivity index (χ0n) is 34.9. The van der Waals surface area contributed by atoms with Gasteiger partial charge < -0.3 is 19.8 Å². The van der Waals surface area contributed by atoms with Crippen molar-refractivity contribution in [2.75, 3.05) is 40.9 Å². The molecule has 8 nitrogen and oxygen atoms in total. The molecular weight excluding hydrogens is 695 g/mol. The number of aliphatic hydroxyl groups is 1. The first kappa shape index (κ1) is 51.7. The summed E-state index contributed by atoms with van der Waals surface area (Å²) in [7, 11) is 1.51. The molecule has 0 aromatic heterocycles. The van der Waals surface area contributed by atoms with Gasteiger partial charge >= 0.3 is 7.82 Å². The summed E-state index contributed by atoms with van der Waals surface area (Å²) in [6.07, 6.45) is 49.5. The van der Waals surface area contributed by atoms with Crippen molar-refractivity contribution in [3.63, 3.8) is 0 Å². The number of carbonyl (C=O) groups excluding carboxylic acids is 1. The van der Waals surface area contributed by atoms with Crippen LogP contribution in [0.5, 0.6) is 0 Å². The minimum absolute atomic E-state index is 0.0433. The molecule has 0 bridgehead atoms. The van der Waals surface area contributed by atoms with Gasteiger partial charge in [0.05, 0.1) is 39.9 Å². The lowest BCUT2D eigenvalue weighted by Gasteiger charge is -2.25. The molecule has 0 fully saturated rings. The van der Waals surface area contributed by atoms with Crippen molar-refractivity contribution in [1.82, 2.24) is 5.32 Å². The molecule has 1 amide bonds. The van der Waals surface area contributed by atoms with Gasteiger partial charge in [0.25, 0.3) is 0 Å². The molecule has 0 aliphatic carbocycles. The molecule has 3 atom stereocenters. The Bertz CT molecular complexity index is 1150. The van der Waals surface area contributed by atoms with Gasteiger partial charge in [0.2, 0.25) is 5.91 Å². The van der Waals surface area contributed by atoms with Crippen LogP contribution in [-0.4, -0.2) is 73.4 Å². The Morgan fingerprint density at radius 1 is 0.648 bits per heavy atom. The van der Waals surface area contributed by atoms with E-state index in [1.54, 1.807) is 6.08 Å². The molecule has 0 rings (SSSR count). The van der Waals surface area contributed by atoms with Gasteiger partial charge in [-0.2, -0.15) is 0 Å². The molecule has 0 radical (unpaired) electrons. The minimum atomic E-state index is -4.36. The number of allylic oxidation sites excluding steroid dienone is 13. The first-order valence-corrected chi connectivity index (χ1v) is 22.5. The summed E-state index contributed by atoms with van der Waals surface area (Å²) in [5.41, 5.74) is 0. The van der Waals surface area contributed by atoms with Crippen LogP contribution in [0, 0.1) is 0 Å². The molecule has 54 heavy (non-hydrogen) atoms. The van der Waals surface area contributed by atoms with Crippen LogP contribution in [0.2, 0.25) is 0 Å². The number of nitrogens with one attached hydrogen (secondary N) is 1. The number of likely N-dealkylation sites (N-methyl/N-ethyl adjacent to an activating group) is 1. The van der Waals surface area contributed by atoms with Gasteiger partial charge in [-0.1, -0.05) is 163 Å². The molecular formula is C45H80N2O6P+. The topological polar surface area (TPSA) is 105 Å². The maximum absolute atomic E-state index is 12.8. The summed E-state index contributed by atoms with van der Waals surface area (Å²) < 4.78 is 23.5. The number of unbranched alkanes of at least 4 members (excludes halogenated alkanes) is 11. The second kappa shape index (κ2) is 36.3. The second-order valence-corrected chi connectivity index (χ2v) is 16.4. The normalized spacial score (nSPS) is 15.3. The molecule has 0 aromatic rings. The van der Waals surface area contributed by atoms with E-state index in [0.717, 1.165) is 57.8 Å². The summed E-state index contributed by atoms with van der Waals surface area (Å²) in [5, 5.41) is 13.7. The van der Waals surface area contributed by atoms with Gasteiger partial charge in [0.1, 0.15) is 13.2 Å². The lowest BCUT2D eigenvalue weighted by atomic mass is 10.0. The van der Waals surface area contributed by atoms with Crippen LogP contribution < -0.4 is 5.32 Å². The van der Waals surface area contributed by atoms with Gasteiger partial charge in [0.15, 0.2) is 0 Å². The highest BCUT2D eigenvalue weighted by atomic mass is 31.2. The van der Waals surface area contributed by atoms with E-state index in [4.69, 9.17) is 9.05 Å². The largest absolute Gasteiger partial charge is 0.472 e. The average molecular weight is 776 g/mol. The minimum Gasteiger partial charge on any atom is -0.387 e. The van der Waals surface area contributed by atoms with E-state index in [1.165, 1.54) is 57.8 Å². The zero-order valence-corrected chi connectivity index (χ0v) is 35.8. The first-order valence-electron chi connectivity index (χ1n) is 21.0. The predicted octanol–water partition coefficient (Wildman–Crippen LogP) is 11.4. The Balaban J connectivity index is 4.63. The molecule has 0 saturated heterocycles. The van der Waals surface area contributed by atoms with Gasteiger partial charge in [-0.15, -0.1) is 0 Å². The number of phosphoric acid groups is 1. The average Bonchev–Trinajstić information content (AvgIpc) is 3.12.